The topological polar surface area (TPSA) is 36.2 Å². The molecule has 0 heterocycles. The fraction of sp³-hybridized carbons (Fsp3) is 0.481. The van der Waals surface area contributed by atoms with E-state index in [-0.39, 0.29) is 5.82 Å². The van der Waals surface area contributed by atoms with E-state index in [9.17, 15) is 4.39 Å². The van der Waals surface area contributed by atoms with Gasteiger partial charge in [-0.3, -0.25) is 4.99 Å². The fourth-order valence-corrected chi connectivity index (χ4v) is 5.44. The average Bonchev–Trinajstić information content (AvgIpc) is 2.80. The van der Waals surface area contributed by atoms with Gasteiger partial charge >= 0.3 is 0 Å². The van der Waals surface area contributed by atoms with Crippen LogP contribution in [0.25, 0.3) is 11.1 Å². The highest BCUT2D eigenvalue weighted by Gasteiger charge is 2.23. The van der Waals surface area contributed by atoms with Crippen LogP contribution < -0.4 is 0 Å². The maximum atomic E-state index is 15.0. The van der Waals surface area contributed by atoms with Crippen LogP contribution in [0.3, 0.4) is 0 Å². The Bertz CT molecular complexity index is 857. The maximum absolute atomic E-state index is 15.0. The van der Waals surface area contributed by atoms with Crippen molar-refractivity contribution in [2.45, 2.75) is 75.7 Å². The smallest absolute Gasteiger partial charge is 0.131 e. The van der Waals surface area contributed by atoms with Crippen LogP contribution in [-0.4, -0.2) is 19.0 Å². The van der Waals surface area contributed by atoms with Crippen molar-refractivity contribution >= 4 is 12.9 Å². The lowest BCUT2D eigenvalue weighted by atomic mass is 9.77. The van der Waals surface area contributed by atoms with Crippen LogP contribution in [0.4, 0.5) is 4.39 Å². The van der Waals surface area contributed by atoms with Gasteiger partial charge in [-0.05, 0) is 111 Å². The molecular weight excluding hydrogens is 371 g/mol. The van der Waals surface area contributed by atoms with Crippen LogP contribution in [-0.2, 0) is 0 Å². The number of nitrogens with zero attached hydrogens (tertiary/aromatic N) is 1. The van der Waals surface area contributed by atoms with E-state index in [1.165, 1.54) is 11.8 Å². The second-order valence-corrected chi connectivity index (χ2v) is 9.21. The number of nitrogens with one attached hydrogen (secondary N) is 1. The van der Waals surface area contributed by atoms with Gasteiger partial charge in [0.25, 0.3) is 0 Å². The van der Waals surface area contributed by atoms with Gasteiger partial charge in [0.1, 0.15) is 5.82 Å². The molecule has 158 valence electrons. The highest BCUT2D eigenvalue weighted by Crippen LogP contribution is 2.39. The predicted octanol–water partition coefficient (Wildman–Crippen LogP) is 7.53. The summed E-state index contributed by atoms with van der Waals surface area (Å²) in [4.78, 5) is 4.19. The average molecular weight is 405 g/mol. The van der Waals surface area contributed by atoms with Crippen molar-refractivity contribution in [3.8, 4) is 11.1 Å². The zero-order valence-electron chi connectivity index (χ0n) is 17.8. The molecule has 2 nitrogen and oxygen atoms in total. The summed E-state index contributed by atoms with van der Waals surface area (Å²) in [6.07, 6.45) is 11.5. The van der Waals surface area contributed by atoms with E-state index < -0.39 is 0 Å². The van der Waals surface area contributed by atoms with Crippen LogP contribution in [0.1, 0.15) is 80.8 Å². The molecule has 2 aliphatic carbocycles. The van der Waals surface area contributed by atoms with Crippen LogP contribution in [0.2, 0.25) is 0 Å². The minimum absolute atomic E-state index is 0.112. The van der Waals surface area contributed by atoms with Crippen molar-refractivity contribution in [1.82, 2.24) is 0 Å². The van der Waals surface area contributed by atoms with Gasteiger partial charge in [-0.25, -0.2) is 4.39 Å². The first-order valence-electron chi connectivity index (χ1n) is 11.5. The molecule has 0 spiro atoms. The Balaban J connectivity index is 1.42. The summed E-state index contributed by atoms with van der Waals surface area (Å²) in [5.41, 5.74) is 4.15. The van der Waals surface area contributed by atoms with Gasteiger partial charge in [0.15, 0.2) is 0 Å². The minimum Gasteiger partial charge on any atom is -0.313 e. The Morgan fingerprint density at radius 3 is 2.07 bits per heavy atom. The normalized spacial score (nSPS) is 26.8. The van der Waals surface area contributed by atoms with E-state index in [4.69, 9.17) is 5.41 Å². The summed E-state index contributed by atoms with van der Waals surface area (Å²) in [7, 11) is 0. The monoisotopic (exact) mass is 404 g/mol. The van der Waals surface area contributed by atoms with Gasteiger partial charge in [0.05, 0.1) is 0 Å². The number of hydrogen-bond donors (Lipinski definition) is 1. The molecule has 0 aliphatic heterocycles. The summed E-state index contributed by atoms with van der Waals surface area (Å²) < 4.78 is 15.0. The zero-order valence-corrected chi connectivity index (χ0v) is 17.8. The van der Waals surface area contributed by atoms with E-state index >= 15 is 0 Å². The summed E-state index contributed by atoms with van der Waals surface area (Å²) in [6, 6.07) is 14.8. The molecule has 4 rings (SSSR count). The Morgan fingerprint density at radius 2 is 1.47 bits per heavy atom. The Kier molecular flexibility index (Phi) is 6.76. The third-order valence-electron chi connectivity index (χ3n) is 7.41. The largest absolute Gasteiger partial charge is 0.313 e. The standard InChI is InChI=1S/C27H33FN2/c1-30-25-13-10-21(11-14-25)20-6-8-23(9-7-20)26-15-12-24(18-27(26)28)22-4-2-19(3-5-22)16-17-29/h6-9,12,15,17-19,21-22,25,29H,1-5,10-11,13-14,16H2. The van der Waals surface area contributed by atoms with Gasteiger partial charge in [0.2, 0.25) is 0 Å². The second kappa shape index (κ2) is 9.68. The molecule has 0 atom stereocenters. The summed E-state index contributed by atoms with van der Waals surface area (Å²) in [5.74, 6) is 1.58. The van der Waals surface area contributed by atoms with E-state index in [2.05, 4.69) is 42.0 Å². The molecule has 0 saturated heterocycles. The first-order valence-corrected chi connectivity index (χ1v) is 11.5. The molecule has 0 bridgehead atoms. The quantitative estimate of drug-likeness (QED) is 0.483. The molecule has 1 N–H and O–H groups in total. The lowest BCUT2D eigenvalue weighted by Gasteiger charge is -2.28. The molecule has 0 aromatic heterocycles. The van der Waals surface area contributed by atoms with E-state index in [1.807, 2.05) is 6.07 Å². The molecule has 30 heavy (non-hydrogen) atoms. The van der Waals surface area contributed by atoms with Gasteiger partial charge in [-0.1, -0.05) is 36.4 Å². The zero-order chi connectivity index (χ0) is 20.9. The highest BCUT2D eigenvalue weighted by molar-refractivity contribution is 5.65. The molecule has 0 amide bonds. The molecule has 3 heteroatoms. The summed E-state index contributed by atoms with van der Waals surface area (Å²) in [5, 5.41) is 7.29. The Hall–Kier alpha value is -2.29. The highest BCUT2D eigenvalue weighted by atomic mass is 19.1. The van der Waals surface area contributed by atoms with E-state index in [0.29, 0.717) is 29.4 Å². The third-order valence-corrected chi connectivity index (χ3v) is 7.41. The lowest BCUT2D eigenvalue weighted by Crippen LogP contribution is -2.15. The molecular formula is C27H33FN2. The van der Waals surface area contributed by atoms with E-state index in [0.717, 1.165) is 68.9 Å². The first-order chi connectivity index (χ1) is 14.7. The number of halogens is 1. The molecule has 2 fully saturated rings. The van der Waals surface area contributed by atoms with Crippen LogP contribution in [0.5, 0.6) is 0 Å². The van der Waals surface area contributed by atoms with Gasteiger partial charge < -0.3 is 5.41 Å². The number of benzene rings is 2. The molecule has 0 radical (unpaired) electrons. The summed E-state index contributed by atoms with van der Waals surface area (Å²) >= 11 is 0. The first kappa shape index (κ1) is 21.0. The maximum Gasteiger partial charge on any atom is 0.131 e. The molecule has 0 unspecified atom stereocenters. The van der Waals surface area contributed by atoms with Gasteiger partial charge in [-0.2, -0.15) is 0 Å². The van der Waals surface area contributed by atoms with Crippen molar-refractivity contribution in [2.24, 2.45) is 10.9 Å². The van der Waals surface area contributed by atoms with Gasteiger partial charge in [-0.15, -0.1) is 0 Å². The van der Waals surface area contributed by atoms with Gasteiger partial charge in [0, 0.05) is 11.6 Å². The number of aliphatic imine (C=N–C) groups is 1. The second-order valence-electron chi connectivity index (χ2n) is 9.21. The van der Waals surface area contributed by atoms with Crippen molar-refractivity contribution in [1.29, 1.82) is 5.41 Å². The van der Waals surface area contributed by atoms with Crippen LogP contribution in [0, 0.1) is 17.1 Å². The van der Waals surface area contributed by atoms with Crippen molar-refractivity contribution < 1.29 is 4.39 Å². The van der Waals surface area contributed by atoms with Crippen LogP contribution >= 0.6 is 0 Å². The Morgan fingerprint density at radius 1 is 0.867 bits per heavy atom. The van der Waals surface area contributed by atoms with E-state index in [1.54, 1.807) is 6.07 Å². The number of rotatable bonds is 6. The molecule has 2 saturated carbocycles. The molecule has 2 aromatic rings. The lowest BCUT2D eigenvalue weighted by molar-refractivity contribution is 0.334. The van der Waals surface area contributed by atoms with Crippen molar-refractivity contribution in [3.63, 3.8) is 0 Å². The SMILES string of the molecule is C=NC1CCC(c2ccc(-c3ccc(C4CCC(CC=N)CC4)cc3F)cc2)CC1. The molecule has 2 aromatic carbocycles. The van der Waals surface area contributed by atoms with Crippen molar-refractivity contribution in [3.05, 3.63) is 59.4 Å². The minimum atomic E-state index is -0.112. The fourth-order valence-electron chi connectivity index (χ4n) is 5.44. The predicted molar refractivity (Wildman–Crippen MR) is 124 cm³/mol. The summed E-state index contributed by atoms with van der Waals surface area (Å²) in [6.45, 7) is 3.69. The third kappa shape index (κ3) is 4.71. The molecule has 2 aliphatic rings. The van der Waals surface area contributed by atoms with Crippen LogP contribution in [0.15, 0.2) is 47.5 Å². The Labute approximate surface area is 180 Å². The van der Waals surface area contributed by atoms with Crippen molar-refractivity contribution in [2.75, 3.05) is 0 Å². The number of hydrogen-bond acceptors (Lipinski definition) is 2.